The van der Waals surface area contributed by atoms with E-state index in [4.69, 9.17) is 9.84 Å². The lowest BCUT2D eigenvalue weighted by molar-refractivity contribution is -0.138. The number of hydrogen-bond acceptors (Lipinski definition) is 4. The Morgan fingerprint density at radius 2 is 2.21 bits per heavy atom. The number of sulfonamides is 1. The predicted octanol–water partition coefficient (Wildman–Crippen LogP) is 1.14. The molecular formula is C11H12BrNO5S. The van der Waals surface area contributed by atoms with E-state index in [1.807, 2.05) is 0 Å². The molecule has 0 aliphatic carbocycles. The smallest absolute Gasteiger partial charge is 0.321 e. The quantitative estimate of drug-likeness (QED) is 0.849. The van der Waals surface area contributed by atoms with Crippen molar-refractivity contribution in [1.29, 1.82) is 0 Å². The minimum Gasteiger partial charge on any atom is -0.492 e. The Balaban J connectivity index is 2.44. The molecular weight excluding hydrogens is 338 g/mol. The molecule has 1 unspecified atom stereocenters. The highest BCUT2D eigenvalue weighted by atomic mass is 79.9. The molecule has 0 aromatic heterocycles. The number of benzene rings is 1. The van der Waals surface area contributed by atoms with Gasteiger partial charge in [-0.05, 0) is 19.1 Å². The lowest BCUT2D eigenvalue weighted by Crippen LogP contribution is -2.38. The number of fused-ring (bicyclic) bond motifs is 1. The molecule has 8 heteroatoms. The van der Waals surface area contributed by atoms with E-state index in [0.717, 1.165) is 5.56 Å². The van der Waals surface area contributed by atoms with Gasteiger partial charge in [0, 0.05) is 16.5 Å². The van der Waals surface area contributed by atoms with Crippen molar-refractivity contribution in [3.8, 4) is 5.75 Å². The van der Waals surface area contributed by atoms with E-state index in [-0.39, 0.29) is 4.90 Å². The maximum absolute atomic E-state index is 12.2. The van der Waals surface area contributed by atoms with Gasteiger partial charge in [0.1, 0.15) is 16.7 Å². The van der Waals surface area contributed by atoms with E-state index in [9.17, 15) is 13.2 Å². The third-order valence-corrected chi connectivity index (χ3v) is 4.71. The van der Waals surface area contributed by atoms with Crippen LogP contribution in [0.4, 0.5) is 0 Å². The first kappa shape index (κ1) is 14.3. The molecule has 2 N–H and O–H groups in total. The second-order valence-electron chi connectivity index (χ2n) is 4.17. The van der Waals surface area contributed by atoms with Crippen LogP contribution in [0, 0.1) is 0 Å². The highest BCUT2D eigenvalue weighted by Gasteiger charge is 2.28. The Morgan fingerprint density at radius 3 is 2.84 bits per heavy atom. The van der Waals surface area contributed by atoms with Crippen molar-refractivity contribution in [2.75, 3.05) is 6.61 Å². The molecule has 1 aliphatic heterocycles. The van der Waals surface area contributed by atoms with E-state index in [1.54, 1.807) is 6.07 Å². The molecule has 1 atom stereocenters. The molecule has 104 valence electrons. The summed E-state index contributed by atoms with van der Waals surface area (Å²) in [7, 11) is -3.94. The average Bonchev–Trinajstić information content (AvgIpc) is 2.74. The second kappa shape index (κ2) is 5.10. The molecule has 1 heterocycles. The minimum absolute atomic E-state index is 0.0394. The lowest BCUT2D eigenvalue weighted by atomic mass is 10.2. The number of carboxylic acid groups (broad SMARTS) is 1. The Hall–Kier alpha value is -1.12. The van der Waals surface area contributed by atoms with E-state index in [2.05, 4.69) is 20.7 Å². The Bertz CT molecular complexity index is 628. The summed E-state index contributed by atoms with van der Waals surface area (Å²) < 4.78 is 32.4. The summed E-state index contributed by atoms with van der Waals surface area (Å²) in [4.78, 5) is 10.7. The molecule has 0 saturated carbocycles. The summed E-state index contributed by atoms with van der Waals surface area (Å²) in [5.74, 6) is -0.940. The number of carboxylic acids is 1. The van der Waals surface area contributed by atoms with Gasteiger partial charge in [0.25, 0.3) is 0 Å². The predicted molar refractivity (Wildman–Crippen MR) is 70.8 cm³/mol. The molecule has 2 rings (SSSR count). The fourth-order valence-electron chi connectivity index (χ4n) is 1.78. The van der Waals surface area contributed by atoms with Crippen molar-refractivity contribution < 1.29 is 23.1 Å². The van der Waals surface area contributed by atoms with Crippen molar-refractivity contribution in [2.24, 2.45) is 0 Å². The van der Waals surface area contributed by atoms with Gasteiger partial charge in [-0.15, -0.1) is 0 Å². The van der Waals surface area contributed by atoms with Crippen molar-refractivity contribution >= 4 is 31.9 Å². The molecule has 19 heavy (non-hydrogen) atoms. The van der Waals surface area contributed by atoms with Crippen LogP contribution >= 0.6 is 15.9 Å². The van der Waals surface area contributed by atoms with Crippen LogP contribution in [0.15, 0.2) is 21.5 Å². The molecule has 0 fully saturated rings. The van der Waals surface area contributed by atoms with Crippen LogP contribution in [-0.4, -0.2) is 32.1 Å². The number of aliphatic carboxylic acids is 1. The van der Waals surface area contributed by atoms with Gasteiger partial charge >= 0.3 is 5.97 Å². The van der Waals surface area contributed by atoms with Crippen LogP contribution in [-0.2, 0) is 21.2 Å². The summed E-state index contributed by atoms with van der Waals surface area (Å²) in [6.07, 6.45) is 0.631. The van der Waals surface area contributed by atoms with Crippen molar-refractivity contribution in [3.63, 3.8) is 0 Å². The Morgan fingerprint density at radius 1 is 1.53 bits per heavy atom. The van der Waals surface area contributed by atoms with Crippen LogP contribution in [0.2, 0.25) is 0 Å². The van der Waals surface area contributed by atoms with Gasteiger partial charge in [-0.3, -0.25) is 4.79 Å². The van der Waals surface area contributed by atoms with E-state index in [1.165, 1.54) is 13.0 Å². The zero-order chi connectivity index (χ0) is 14.2. The lowest BCUT2D eigenvalue weighted by Gasteiger charge is -2.13. The summed E-state index contributed by atoms with van der Waals surface area (Å²) in [6.45, 7) is 1.68. The SMILES string of the molecule is CC(NS(=O)(=O)c1cc(Br)cc2c1OCC2)C(=O)O. The normalized spacial score (nSPS) is 15.7. The largest absolute Gasteiger partial charge is 0.492 e. The van der Waals surface area contributed by atoms with E-state index >= 15 is 0 Å². The third kappa shape index (κ3) is 2.90. The number of ether oxygens (including phenoxy) is 1. The fraction of sp³-hybridized carbons (Fsp3) is 0.364. The Labute approximate surface area is 118 Å². The standard InChI is InChI=1S/C11H12BrNO5S/c1-6(11(14)15)13-19(16,17)9-5-8(12)4-7-2-3-18-10(7)9/h4-6,13H,2-3H2,1H3,(H,14,15). The van der Waals surface area contributed by atoms with Gasteiger partial charge in [0.15, 0.2) is 0 Å². The van der Waals surface area contributed by atoms with Crippen molar-refractivity contribution in [2.45, 2.75) is 24.3 Å². The van der Waals surface area contributed by atoms with Gasteiger partial charge < -0.3 is 9.84 Å². The number of halogens is 1. The first-order chi connectivity index (χ1) is 8.81. The first-order valence-corrected chi connectivity index (χ1v) is 7.79. The van der Waals surface area contributed by atoms with Crippen LogP contribution < -0.4 is 9.46 Å². The summed E-state index contributed by atoms with van der Waals surface area (Å²) in [5.41, 5.74) is 0.790. The molecule has 0 radical (unpaired) electrons. The average molecular weight is 350 g/mol. The van der Waals surface area contributed by atoms with Gasteiger partial charge in [-0.1, -0.05) is 15.9 Å². The topological polar surface area (TPSA) is 92.7 Å². The zero-order valence-electron chi connectivity index (χ0n) is 10.0. The molecule has 1 aliphatic rings. The Kier molecular flexibility index (Phi) is 3.84. The van der Waals surface area contributed by atoms with Crippen molar-refractivity contribution in [1.82, 2.24) is 4.72 Å². The maximum atomic E-state index is 12.2. The number of nitrogens with one attached hydrogen (secondary N) is 1. The van der Waals surface area contributed by atoms with Crippen molar-refractivity contribution in [3.05, 3.63) is 22.2 Å². The molecule has 6 nitrogen and oxygen atoms in total. The summed E-state index contributed by atoms with van der Waals surface area (Å²) >= 11 is 3.24. The monoisotopic (exact) mass is 349 g/mol. The van der Waals surface area contributed by atoms with Gasteiger partial charge in [0.05, 0.1) is 6.61 Å². The highest BCUT2D eigenvalue weighted by molar-refractivity contribution is 9.10. The van der Waals surface area contributed by atoms with Gasteiger partial charge in [-0.25, -0.2) is 8.42 Å². The molecule has 1 aromatic rings. The molecule has 0 spiro atoms. The highest BCUT2D eigenvalue weighted by Crippen LogP contribution is 2.35. The van der Waals surface area contributed by atoms with Crippen LogP contribution in [0.1, 0.15) is 12.5 Å². The molecule has 0 saturated heterocycles. The number of hydrogen-bond donors (Lipinski definition) is 2. The summed E-state index contributed by atoms with van der Waals surface area (Å²) in [6, 6.07) is 1.99. The molecule has 0 amide bonds. The zero-order valence-corrected chi connectivity index (χ0v) is 12.4. The summed E-state index contributed by atoms with van der Waals surface area (Å²) in [5, 5.41) is 8.77. The van der Waals surface area contributed by atoms with Crippen LogP contribution in [0.3, 0.4) is 0 Å². The molecule has 1 aromatic carbocycles. The first-order valence-electron chi connectivity index (χ1n) is 5.51. The second-order valence-corrected chi connectivity index (χ2v) is 6.77. The van der Waals surface area contributed by atoms with E-state index in [0.29, 0.717) is 23.2 Å². The third-order valence-electron chi connectivity index (χ3n) is 2.71. The van der Waals surface area contributed by atoms with Gasteiger partial charge in [0.2, 0.25) is 10.0 Å². The maximum Gasteiger partial charge on any atom is 0.321 e. The van der Waals surface area contributed by atoms with Crippen LogP contribution in [0.5, 0.6) is 5.75 Å². The van der Waals surface area contributed by atoms with E-state index < -0.39 is 22.0 Å². The number of carbonyl (C=O) groups is 1. The van der Waals surface area contributed by atoms with Gasteiger partial charge in [-0.2, -0.15) is 4.72 Å². The molecule has 0 bridgehead atoms. The number of rotatable bonds is 4. The minimum atomic E-state index is -3.94. The fourth-order valence-corrected chi connectivity index (χ4v) is 3.85. The van der Waals surface area contributed by atoms with Crippen LogP contribution in [0.25, 0.3) is 0 Å².